The van der Waals surface area contributed by atoms with Crippen LogP contribution in [0.3, 0.4) is 0 Å². The Kier molecular flexibility index (Phi) is 4.54. The van der Waals surface area contributed by atoms with Gasteiger partial charge in [0.05, 0.1) is 0 Å². The molecule has 3 aliphatic rings. The maximum Gasteiger partial charge on any atom is 0.265 e. The van der Waals surface area contributed by atoms with Crippen LogP contribution in [0.15, 0.2) is 54.1 Å². The van der Waals surface area contributed by atoms with E-state index in [0.29, 0.717) is 0 Å². The van der Waals surface area contributed by atoms with Crippen molar-refractivity contribution in [1.29, 1.82) is 0 Å². The van der Waals surface area contributed by atoms with Crippen LogP contribution in [0.2, 0.25) is 0 Å². The molecule has 0 N–H and O–H groups in total. The minimum absolute atomic E-state index is 0.0630. The average Bonchev–Trinajstić information content (AvgIpc) is 3.24. The van der Waals surface area contributed by atoms with E-state index >= 15 is 0 Å². The highest BCUT2D eigenvalue weighted by Crippen LogP contribution is 2.54. The Morgan fingerprint density at radius 1 is 0.971 bits per heavy atom. The third-order valence-corrected chi connectivity index (χ3v) is 9.27. The molecule has 0 spiro atoms. The van der Waals surface area contributed by atoms with Crippen molar-refractivity contribution in [3.8, 4) is 0 Å². The van der Waals surface area contributed by atoms with Crippen LogP contribution in [0.4, 0.5) is 0 Å². The molecule has 0 saturated carbocycles. The van der Waals surface area contributed by atoms with Gasteiger partial charge in [0.2, 0.25) is 0 Å². The fourth-order valence-corrected chi connectivity index (χ4v) is 7.21. The second kappa shape index (κ2) is 7.20. The van der Waals surface area contributed by atoms with Gasteiger partial charge in [0.15, 0.2) is 5.11 Å². The van der Waals surface area contributed by atoms with Gasteiger partial charge >= 0.3 is 0 Å². The highest BCUT2D eigenvalue weighted by atomic mass is 32.1. The molecule has 1 unspecified atom stereocenters. The molecule has 3 aromatic rings. The zero-order valence-electron chi connectivity index (χ0n) is 19.5. The van der Waals surface area contributed by atoms with Crippen molar-refractivity contribution in [2.75, 3.05) is 14.1 Å². The Morgan fingerprint density at radius 3 is 2.38 bits per heavy atom. The van der Waals surface area contributed by atoms with E-state index < -0.39 is 0 Å². The molecule has 1 saturated heterocycles. The van der Waals surface area contributed by atoms with E-state index in [9.17, 15) is 9.59 Å². The monoisotopic (exact) mass is 484 g/mol. The molecule has 0 radical (unpaired) electrons. The van der Waals surface area contributed by atoms with Gasteiger partial charge in [-0.2, -0.15) is 0 Å². The van der Waals surface area contributed by atoms with E-state index in [0.717, 1.165) is 11.3 Å². The Bertz CT molecular complexity index is 1440. The van der Waals surface area contributed by atoms with Crippen molar-refractivity contribution in [2.24, 2.45) is 0 Å². The predicted molar refractivity (Wildman–Crippen MR) is 139 cm³/mol. The van der Waals surface area contributed by atoms with Crippen molar-refractivity contribution in [1.82, 2.24) is 9.80 Å². The third-order valence-electron chi connectivity index (χ3n) is 7.54. The molecule has 1 atom stereocenters. The molecule has 2 amide bonds. The first-order valence-electron chi connectivity index (χ1n) is 11.4. The van der Waals surface area contributed by atoms with Crippen LogP contribution < -0.4 is 0 Å². The van der Waals surface area contributed by atoms with E-state index in [1.165, 1.54) is 48.1 Å². The number of likely N-dealkylation sites (N-methyl/N-ethyl adjacent to an activating group) is 2. The van der Waals surface area contributed by atoms with Crippen LogP contribution in [0, 0.1) is 0 Å². The molecule has 6 rings (SSSR count). The number of hydrogen-bond donors (Lipinski definition) is 0. The molecule has 2 aromatic carbocycles. The van der Waals surface area contributed by atoms with Gasteiger partial charge in [-0.1, -0.05) is 56.3 Å². The van der Waals surface area contributed by atoms with Gasteiger partial charge < -0.3 is 0 Å². The summed E-state index contributed by atoms with van der Waals surface area (Å²) < 4.78 is 0. The summed E-state index contributed by atoms with van der Waals surface area (Å²) in [6, 6.07) is 17.6. The molecular formula is C28H24N2O2S2. The third kappa shape index (κ3) is 2.79. The fraction of sp³-hybridized carbons (Fsp3) is 0.250. The van der Waals surface area contributed by atoms with Gasteiger partial charge in [-0.15, -0.1) is 11.3 Å². The van der Waals surface area contributed by atoms with Gasteiger partial charge in [0.25, 0.3) is 11.8 Å². The number of thiocarbonyl (C=S) groups is 1. The zero-order chi connectivity index (χ0) is 23.9. The van der Waals surface area contributed by atoms with Crippen molar-refractivity contribution < 1.29 is 9.59 Å². The molecule has 170 valence electrons. The number of carbonyl (C=O) groups excluding carboxylic acids is 2. The van der Waals surface area contributed by atoms with E-state index in [1.54, 1.807) is 31.5 Å². The van der Waals surface area contributed by atoms with Crippen LogP contribution >= 0.6 is 23.6 Å². The summed E-state index contributed by atoms with van der Waals surface area (Å²) in [7, 11) is 3.22. The number of hydrogen-bond acceptors (Lipinski definition) is 4. The molecule has 0 bridgehead atoms. The van der Waals surface area contributed by atoms with Crippen molar-refractivity contribution >= 4 is 46.6 Å². The minimum atomic E-state index is -0.352. The van der Waals surface area contributed by atoms with Gasteiger partial charge in [0.1, 0.15) is 5.57 Å². The van der Waals surface area contributed by atoms with Crippen molar-refractivity contribution in [2.45, 2.75) is 31.6 Å². The first kappa shape index (κ1) is 21.4. The average molecular weight is 485 g/mol. The quantitative estimate of drug-likeness (QED) is 0.215. The van der Waals surface area contributed by atoms with Gasteiger partial charge in [-0.05, 0) is 64.2 Å². The van der Waals surface area contributed by atoms with Crippen LogP contribution in [0.1, 0.15) is 62.9 Å². The van der Waals surface area contributed by atoms with Crippen molar-refractivity contribution in [3.63, 3.8) is 0 Å². The molecular weight excluding hydrogens is 460 g/mol. The van der Waals surface area contributed by atoms with E-state index in [2.05, 4.69) is 62.4 Å². The highest BCUT2D eigenvalue weighted by molar-refractivity contribution is 7.80. The Labute approximate surface area is 208 Å². The fourth-order valence-electron chi connectivity index (χ4n) is 5.78. The first-order valence-corrected chi connectivity index (χ1v) is 12.6. The highest BCUT2D eigenvalue weighted by Gasteiger charge is 2.42. The van der Waals surface area contributed by atoms with Crippen LogP contribution in [-0.2, 0) is 21.4 Å². The molecule has 1 fully saturated rings. The second-order valence-corrected chi connectivity index (χ2v) is 11.3. The Hall–Kier alpha value is -3.09. The maximum absolute atomic E-state index is 12.9. The van der Waals surface area contributed by atoms with Crippen LogP contribution in [-0.4, -0.2) is 40.8 Å². The molecule has 4 nitrogen and oxygen atoms in total. The second-order valence-electron chi connectivity index (χ2n) is 9.81. The smallest absolute Gasteiger partial charge is 0.265 e. The number of carbonyl (C=O) groups is 2. The van der Waals surface area contributed by atoms with Gasteiger partial charge in [-0.25, -0.2) is 0 Å². The molecule has 1 aliphatic heterocycles. The van der Waals surface area contributed by atoms with Crippen molar-refractivity contribution in [3.05, 3.63) is 97.2 Å². The standard InChI is InChI=1S/C28H24N2O2S2/c1-28(2)20-10-6-5-9-18(20)23-22-15(8-7-11-21(22)28)12-16-13-17(34-24(16)23)14-19-25(31)29(3)27(33)30(4)26(19)32/h5-11,13-14,23H,12H2,1-4H3. The summed E-state index contributed by atoms with van der Waals surface area (Å²) in [6.07, 6.45) is 2.60. The SMILES string of the molecule is CN1C(=O)C(=Cc2cc3c(s2)C2c4ccccc4C(C)(C)c4cccc(c42)C3)C(=O)N(C)C1=S. The van der Waals surface area contributed by atoms with E-state index in [-0.39, 0.29) is 33.8 Å². The number of nitrogens with zero attached hydrogens (tertiary/aromatic N) is 2. The molecule has 34 heavy (non-hydrogen) atoms. The molecule has 2 heterocycles. The Morgan fingerprint density at radius 2 is 1.65 bits per heavy atom. The lowest BCUT2D eigenvalue weighted by molar-refractivity contribution is -0.132. The van der Waals surface area contributed by atoms with Gasteiger partial charge in [-0.3, -0.25) is 19.4 Å². The summed E-state index contributed by atoms with van der Waals surface area (Å²) in [6.45, 7) is 4.63. The first-order chi connectivity index (χ1) is 16.2. The summed E-state index contributed by atoms with van der Waals surface area (Å²) in [5, 5.41) is 0.224. The van der Waals surface area contributed by atoms with Gasteiger partial charge in [0, 0.05) is 35.2 Å². The largest absolute Gasteiger partial charge is 0.288 e. The summed E-state index contributed by atoms with van der Waals surface area (Å²) in [5.41, 5.74) is 8.26. The lowest BCUT2D eigenvalue weighted by Crippen LogP contribution is -2.52. The zero-order valence-corrected chi connectivity index (χ0v) is 21.1. The van der Waals surface area contributed by atoms with Crippen LogP contribution in [0.25, 0.3) is 6.08 Å². The summed E-state index contributed by atoms with van der Waals surface area (Å²) in [4.78, 5) is 30.7. The maximum atomic E-state index is 12.9. The van der Waals surface area contributed by atoms with E-state index in [4.69, 9.17) is 12.2 Å². The van der Waals surface area contributed by atoms with Crippen LogP contribution in [0.5, 0.6) is 0 Å². The number of benzene rings is 2. The molecule has 6 heteroatoms. The lowest BCUT2D eigenvalue weighted by Gasteiger charge is -2.42. The number of fused-ring (bicyclic) bond motifs is 4. The topological polar surface area (TPSA) is 40.6 Å². The Balaban J connectivity index is 1.52. The lowest BCUT2D eigenvalue weighted by atomic mass is 9.62. The number of amides is 2. The molecule has 1 aromatic heterocycles. The summed E-state index contributed by atoms with van der Waals surface area (Å²) >= 11 is 6.91. The van der Waals surface area contributed by atoms with E-state index in [1.807, 2.05) is 0 Å². The number of rotatable bonds is 1. The number of thiophene rings is 1. The normalized spacial score (nSPS) is 20.2. The molecule has 2 aliphatic carbocycles. The predicted octanol–water partition coefficient (Wildman–Crippen LogP) is 5.07. The summed E-state index contributed by atoms with van der Waals surface area (Å²) in [5.74, 6) is -0.531. The minimum Gasteiger partial charge on any atom is -0.288 e.